The van der Waals surface area contributed by atoms with Gasteiger partial charge in [-0.2, -0.15) is 0 Å². The summed E-state index contributed by atoms with van der Waals surface area (Å²) < 4.78 is 5.07. The van der Waals surface area contributed by atoms with Crippen LogP contribution < -0.4 is 4.90 Å². The summed E-state index contributed by atoms with van der Waals surface area (Å²) in [6, 6.07) is 8.64. The summed E-state index contributed by atoms with van der Waals surface area (Å²) in [5.41, 5.74) is 2.60. The summed E-state index contributed by atoms with van der Waals surface area (Å²) in [5.74, 6) is 0.391. The second-order valence-corrected chi connectivity index (χ2v) is 4.79. The normalized spacial score (nSPS) is 16.1. The minimum absolute atomic E-state index is 0.391. The van der Waals surface area contributed by atoms with Crippen molar-refractivity contribution < 1.29 is 9.53 Å². The van der Waals surface area contributed by atoms with Crippen molar-refractivity contribution >= 4 is 11.5 Å². The highest BCUT2D eigenvalue weighted by atomic mass is 16.5. The average Bonchev–Trinajstić information content (AvgIpc) is 2.40. The van der Waals surface area contributed by atoms with E-state index in [1.54, 1.807) is 7.11 Å². The number of ether oxygens (including phenoxy) is 1. The van der Waals surface area contributed by atoms with Crippen molar-refractivity contribution in [3.8, 4) is 0 Å². The molecule has 0 amide bonds. The number of aryl methyl sites for hydroxylation is 1. The average molecular weight is 247 g/mol. The highest BCUT2D eigenvalue weighted by Crippen LogP contribution is 2.20. The first-order valence-electron chi connectivity index (χ1n) is 6.64. The summed E-state index contributed by atoms with van der Waals surface area (Å²) in [4.78, 5) is 13.5. The minimum atomic E-state index is 0.391. The van der Waals surface area contributed by atoms with Crippen molar-refractivity contribution in [2.24, 2.45) is 0 Å². The van der Waals surface area contributed by atoms with Crippen LogP contribution in [0.2, 0.25) is 0 Å². The van der Waals surface area contributed by atoms with Gasteiger partial charge in [0.15, 0.2) is 0 Å². The van der Waals surface area contributed by atoms with Gasteiger partial charge in [-0.15, -0.1) is 0 Å². The Morgan fingerprint density at radius 2 is 2.06 bits per heavy atom. The molecule has 0 aromatic heterocycles. The van der Waals surface area contributed by atoms with E-state index in [9.17, 15) is 4.79 Å². The van der Waals surface area contributed by atoms with Crippen molar-refractivity contribution in [2.45, 2.75) is 25.7 Å². The van der Waals surface area contributed by atoms with Gasteiger partial charge in [0, 0.05) is 45.3 Å². The second kappa shape index (κ2) is 6.55. The molecule has 0 saturated carbocycles. The molecule has 0 radical (unpaired) electrons. The number of benzene rings is 1. The predicted molar refractivity (Wildman–Crippen MR) is 73.1 cm³/mol. The van der Waals surface area contributed by atoms with Gasteiger partial charge in [0.05, 0.1) is 0 Å². The highest BCUT2D eigenvalue weighted by molar-refractivity contribution is 5.81. The minimum Gasteiger partial charge on any atom is -0.385 e. The Bertz CT molecular complexity index is 393. The van der Waals surface area contributed by atoms with Gasteiger partial charge < -0.3 is 9.64 Å². The van der Waals surface area contributed by atoms with Crippen molar-refractivity contribution in [1.82, 2.24) is 0 Å². The van der Waals surface area contributed by atoms with Crippen LogP contribution in [0, 0.1) is 0 Å². The third-order valence-corrected chi connectivity index (χ3v) is 3.41. The molecule has 1 fully saturated rings. The van der Waals surface area contributed by atoms with Gasteiger partial charge in [-0.3, -0.25) is 4.79 Å². The molecule has 0 N–H and O–H groups in total. The lowest BCUT2D eigenvalue weighted by atomic mass is 10.1. The van der Waals surface area contributed by atoms with Crippen LogP contribution in [0.5, 0.6) is 0 Å². The zero-order valence-corrected chi connectivity index (χ0v) is 11.0. The number of anilines is 1. The lowest BCUT2D eigenvalue weighted by Gasteiger charge is -2.28. The van der Waals surface area contributed by atoms with E-state index in [0.29, 0.717) is 18.6 Å². The fourth-order valence-electron chi connectivity index (χ4n) is 2.34. The molecule has 0 aliphatic carbocycles. The van der Waals surface area contributed by atoms with E-state index in [1.807, 2.05) is 0 Å². The van der Waals surface area contributed by atoms with E-state index in [2.05, 4.69) is 29.2 Å². The molecular weight excluding hydrogens is 226 g/mol. The summed E-state index contributed by atoms with van der Waals surface area (Å²) in [7, 11) is 1.74. The molecule has 0 spiro atoms. The maximum Gasteiger partial charge on any atom is 0.136 e. The topological polar surface area (TPSA) is 29.5 Å². The zero-order valence-electron chi connectivity index (χ0n) is 11.0. The quantitative estimate of drug-likeness (QED) is 0.748. The van der Waals surface area contributed by atoms with Crippen LogP contribution >= 0.6 is 0 Å². The number of Topliss-reactive ketones (excluding diaryl/α,β-unsaturated/α-hetero) is 1. The molecule has 0 atom stereocenters. The molecule has 1 heterocycles. The molecule has 1 aromatic carbocycles. The summed E-state index contributed by atoms with van der Waals surface area (Å²) in [6.07, 6.45) is 3.48. The Morgan fingerprint density at radius 3 is 2.78 bits per heavy atom. The van der Waals surface area contributed by atoms with E-state index >= 15 is 0 Å². The molecule has 3 nitrogen and oxygen atoms in total. The van der Waals surface area contributed by atoms with E-state index < -0.39 is 0 Å². The number of nitrogens with zero attached hydrogens (tertiary/aromatic N) is 1. The molecule has 0 unspecified atom stereocenters. The third-order valence-electron chi connectivity index (χ3n) is 3.41. The monoisotopic (exact) mass is 247 g/mol. The van der Waals surface area contributed by atoms with Gasteiger partial charge in [-0.1, -0.05) is 12.1 Å². The van der Waals surface area contributed by atoms with Crippen LogP contribution in [-0.4, -0.2) is 32.6 Å². The van der Waals surface area contributed by atoms with Gasteiger partial charge in [0.1, 0.15) is 5.78 Å². The molecule has 0 bridgehead atoms. The van der Waals surface area contributed by atoms with Crippen molar-refractivity contribution in [3.63, 3.8) is 0 Å². The number of carbonyl (C=O) groups excluding carboxylic acids is 1. The van der Waals surface area contributed by atoms with Gasteiger partial charge >= 0.3 is 0 Å². The van der Waals surface area contributed by atoms with Gasteiger partial charge in [-0.25, -0.2) is 0 Å². The SMILES string of the molecule is COCCCc1cccc(N2CCC(=O)CC2)c1. The van der Waals surface area contributed by atoms with Crippen molar-refractivity contribution in [2.75, 3.05) is 31.7 Å². The Kier molecular flexibility index (Phi) is 4.76. The number of hydrogen-bond acceptors (Lipinski definition) is 3. The van der Waals surface area contributed by atoms with E-state index in [1.165, 1.54) is 11.3 Å². The van der Waals surface area contributed by atoms with Crippen LogP contribution in [0.3, 0.4) is 0 Å². The third kappa shape index (κ3) is 3.57. The van der Waals surface area contributed by atoms with Crippen molar-refractivity contribution in [3.05, 3.63) is 29.8 Å². The Hall–Kier alpha value is -1.35. The van der Waals surface area contributed by atoms with E-state index in [4.69, 9.17) is 4.74 Å². The number of rotatable bonds is 5. The first-order chi connectivity index (χ1) is 8.79. The van der Waals surface area contributed by atoms with Crippen LogP contribution in [0.1, 0.15) is 24.8 Å². The fraction of sp³-hybridized carbons (Fsp3) is 0.533. The number of carbonyl (C=O) groups is 1. The molecule has 1 saturated heterocycles. The van der Waals surface area contributed by atoms with Crippen LogP contribution in [-0.2, 0) is 16.0 Å². The van der Waals surface area contributed by atoms with Crippen LogP contribution in [0.15, 0.2) is 24.3 Å². The summed E-state index contributed by atoms with van der Waals surface area (Å²) in [5, 5.41) is 0. The van der Waals surface area contributed by atoms with Crippen LogP contribution in [0.4, 0.5) is 5.69 Å². The lowest BCUT2D eigenvalue weighted by Crippen LogP contribution is -2.33. The predicted octanol–water partition coefficient (Wildman–Crippen LogP) is 2.43. The standard InChI is InChI=1S/C15H21NO2/c1-18-11-3-5-13-4-2-6-14(12-13)16-9-7-15(17)8-10-16/h2,4,6,12H,3,5,7-11H2,1H3. The van der Waals surface area contributed by atoms with Gasteiger partial charge in [0.2, 0.25) is 0 Å². The van der Waals surface area contributed by atoms with E-state index in [-0.39, 0.29) is 0 Å². The first-order valence-corrected chi connectivity index (χ1v) is 6.64. The maximum atomic E-state index is 11.2. The fourth-order valence-corrected chi connectivity index (χ4v) is 2.34. The molecule has 1 aliphatic rings. The maximum absolute atomic E-state index is 11.2. The molecule has 1 aromatic rings. The largest absolute Gasteiger partial charge is 0.385 e. The Labute approximate surface area is 109 Å². The highest BCUT2D eigenvalue weighted by Gasteiger charge is 2.16. The van der Waals surface area contributed by atoms with E-state index in [0.717, 1.165) is 32.5 Å². The molecule has 1 aliphatic heterocycles. The molecular formula is C15H21NO2. The number of hydrogen-bond donors (Lipinski definition) is 0. The molecule has 2 rings (SSSR count). The molecule has 18 heavy (non-hydrogen) atoms. The number of methoxy groups -OCH3 is 1. The lowest BCUT2D eigenvalue weighted by molar-refractivity contribution is -0.119. The Morgan fingerprint density at radius 1 is 1.28 bits per heavy atom. The smallest absolute Gasteiger partial charge is 0.136 e. The molecule has 3 heteroatoms. The second-order valence-electron chi connectivity index (χ2n) is 4.79. The number of piperidine rings is 1. The summed E-state index contributed by atoms with van der Waals surface area (Å²) in [6.45, 7) is 2.53. The van der Waals surface area contributed by atoms with Crippen LogP contribution in [0.25, 0.3) is 0 Å². The first kappa shape index (κ1) is 13.1. The van der Waals surface area contributed by atoms with Gasteiger partial charge in [0.25, 0.3) is 0 Å². The zero-order chi connectivity index (χ0) is 12.8. The number of ketones is 1. The van der Waals surface area contributed by atoms with Gasteiger partial charge in [-0.05, 0) is 30.5 Å². The van der Waals surface area contributed by atoms with Crippen molar-refractivity contribution in [1.29, 1.82) is 0 Å². The molecule has 98 valence electrons. The summed E-state index contributed by atoms with van der Waals surface area (Å²) >= 11 is 0. The Balaban J connectivity index is 1.96.